The fraction of sp³-hybridized carbons (Fsp3) is 0.125. The number of hydrazine groups is 1. The molecule has 0 atom stereocenters. The van der Waals surface area contributed by atoms with Gasteiger partial charge in [-0.05, 0) is 68.3 Å². The summed E-state index contributed by atoms with van der Waals surface area (Å²) in [6.07, 6.45) is 1.58. The van der Waals surface area contributed by atoms with Gasteiger partial charge in [0.2, 0.25) is 0 Å². The number of hydrogen-bond acceptors (Lipinski definition) is 3. The van der Waals surface area contributed by atoms with Crippen LogP contribution in [0.4, 0.5) is 5.69 Å². The first kappa shape index (κ1) is 20.2. The van der Waals surface area contributed by atoms with Crippen LogP contribution in [0.5, 0.6) is 0 Å². The Morgan fingerprint density at radius 2 is 1.71 bits per heavy atom. The zero-order valence-corrected chi connectivity index (χ0v) is 17.3. The molecule has 1 aromatic heterocycles. The molecule has 1 aliphatic heterocycles. The topological polar surface area (TPSA) is 91.6 Å². The quantitative estimate of drug-likeness (QED) is 0.503. The number of benzene rings is 2. The van der Waals surface area contributed by atoms with Gasteiger partial charge in [-0.2, -0.15) is 0 Å². The molecule has 7 heteroatoms. The molecule has 2 aromatic carbocycles. The van der Waals surface area contributed by atoms with Crippen LogP contribution in [0.25, 0.3) is 11.8 Å². The monoisotopic (exact) mass is 415 g/mol. The van der Waals surface area contributed by atoms with E-state index in [4.69, 9.17) is 0 Å². The molecule has 0 saturated carbocycles. The van der Waals surface area contributed by atoms with E-state index >= 15 is 0 Å². The zero-order valence-electron chi connectivity index (χ0n) is 17.3. The molecule has 31 heavy (non-hydrogen) atoms. The fourth-order valence-corrected chi connectivity index (χ4v) is 3.76. The van der Waals surface area contributed by atoms with Crippen molar-refractivity contribution < 1.29 is 19.5 Å². The summed E-state index contributed by atoms with van der Waals surface area (Å²) < 4.78 is 1.93. The van der Waals surface area contributed by atoms with Crippen molar-refractivity contribution in [1.29, 1.82) is 0 Å². The third-order valence-corrected chi connectivity index (χ3v) is 5.37. The number of carboxylic acids is 1. The highest BCUT2D eigenvalue weighted by molar-refractivity contribution is 6.31. The number of para-hydroxylation sites is 1. The van der Waals surface area contributed by atoms with E-state index in [0.29, 0.717) is 11.3 Å². The molecule has 1 saturated heterocycles. The van der Waals surface area contributed by atoms with Crippen molar-refractivity contribution >= 4 is 29.5 Å². The predicted molar refractivity (Wildman–Crippen MR) is 117 cm³/mol. The molecule has 3 aromatic rings. The summed E-state index contributed by atoms with van der Waals surface area (Å²) in [7, 11) is 0. The van der Waals surface area contributed by atoms with Gasteiger partial charge in [-0.15, -0.1) is 0 Å². The van der Waals surface area contributed by atoms with E-state index in [-0.39, 0.29) is 11.1 Å². The van der Waals surface area contributed by atoms with Gasteiger partial charge < -0.3 is 9.67 Å². The average Bonchev–Trinajstić information content (AvgIpc) is 3.18. The van der Waals surface area contributed by atoms with Gasteiger partial charge in [-0.1, -0.05) is 24.3 Å². The van der Waals surface area contributed by atoms with Gasteiger partial charge in [0, 0.05) is 17.1 Å². The van der Waals surface area contributed by atoms with Crippen LogP contribution >= 0.6 is 0 Å². The molecule has 0 spiro atoms. The smallest absolute Gasteiger partial charge is 0.335 e. The van der Waals surface area contributed by atoms with Crippen LogP contribution in [0.15, 0.2) is 60.2 Å². The lowest BCUT2D eigenvalue weighted by atomic mass is 10.1. The Morgan fingerprint density at radius 3 is 2.39 bits per heavy atom. The van der Waals surface area contributed by atoms with E-state index in [1.807, 2.05) is 37.5 Å². The van der Waals surface area contributed by atoms with Crippen molar-refractivity contribution in [3.05, 3.63) is 88.2 Å². The summed E-state index contributed by atoms with van der Waals surface area (Å²) >= 11 is 0. The van der Waals surface area contributed by atoms with Gasteiger partial charge in [-0.25, -0.2) is 9.80 Å². The number of amides is 2. The first-order chi connectivity index (χ1) is 14.8. The van der Waals surface area contributed by atoms with Crippen molar-refractivity contribution in [1.82, 2.24) is 9.99 Å². The van der Waals surface area contributed by atoms with E-state index < -0.39 is 17.8 Å². The van der Waals surface area contributed by atoms with Crippen LogP contribution in [-0.4, -0.2) is 27.5 Å². The number of aromatic nitrogens is 1. The van der Waals surface area contributed by atoms with E-state index in [1.165, 1.54) is 5.01 Å². The van der Waals surface area contributed by atoms with Crippen LogP contribution in [0, 0.1) is 20.8 Å². The van der Waals surface area contributed by atoms with Crippen LogP contribution in [0.1, 0.15) is 32.9 Å². The first-order valence-corrected chi connectivity index (χ1v) is 9.73. The highest BCUT2D eigenvalue weighted by Gasteiger charge is 2.34. The van der Waals surface area contributed by atoms with Gasteiger partial charge in [0.1, 0.15) is 5.57 Å². The van der Waals surface area contributed by atoms with Crippen molar-refractivity contribution in [2.24, 2.45) is 0 Å². The second-order valence-corrected chi connectivity index (χ2v) is 7.44. The molecule has 7 nitrogen and oxygen atoms in total. The summed E-state index contributed by atoms with van der Waals surface area (Å²) in [4.78, 5) is 36.8. The van der Waals surface area contributed by atoms with Crippen LogP contribution in [-0.2, 0) is 9.59 Å². The Morgan fingerprint density at radius 1 is 1.00 bits per heavy atom. The molecule has 2 N–H and O–H groups in total. The molecule has 0 aliphatic carbocycles. The number of hydrogen-bond donors (Lipinski definition) is 2. The third-order valence-electron chi connectivity index (χ3n) is 5.37. The number of aromatic carboxylic acids is 1. The number of rotatable bonds is 4. The minimum Gasteiger partial charge on any atom is -0.478 e. The number of nitrogens with zero attached hydrogens (tertiary/aromatic N) is 2. The molecule has 4 rings (SSSR count). The summed E-state index contributed by atoms with van der Waals surface area (Å²) in [5.41, 5.74) is 7.44. The molecule has 2 heterocycles. The SMILES string of the molecule is Cc1ccc(C(=O)O)cc1-n1c(C)cc(C=C2C(=O)NN(c3ccccc3)C2=O)c1C. The van der Waals surface area contributed by atoms with Crippen molar-refractivity contribution in [3.8, 4) is 5.69 Å². The number of nitrogens with one attached hydrogen (secondary N) is 1. The Hall–Kier alpha value is -4.13. The number of anilines is 1. The van der Waals surface area contributed by atoms with Crippen LogP contribution in [0.3, 0.4) is 0 Å². The minimum atomic E-state index is -1.000. The molecular formula is C24H21N3O4. The normalized spacial score (nSPS) is 14.9. The van der Waals surface area contributed by atoms with E-state index in [9.17, 15) is 19.5 Å². The second-order valence-electron chi connectivity index (χ2n) is 7.44. The molecule has 0 bridgehead atoms. The lowest BCUT2D eigenvalue weighted by molar-refractivity contribution is -0.117. The van der Waals surface area contributed by atoms with Gasteiger partial charge in [-0.3, -0.25) is 15.0 Å². The number of carbonyl (C=O) groups is 3. The zero-order chi connectivity index (χ0) is 22.3. The van der Waals surface area contributed by atoms with Crippen molar-refractivity contribution in [3.63, 3.8) is 0 Å². The fourth-order valence-electron chi connectivity index (χ4n) is 3.76. The van der Waals surface area contributed by atoms with E-state index in [1.54, 1.807) is 48.5 Å². The maximum Gasteiger partial charge on any atom is 0.335 e. The maximum absolute atomic E-state index is 12.9. The standard InChI is InChI=1S/C24H21N3O4/c1-14-9-10-17(24(30)31)13-21(14)26-15(2)11-18(16(26)3)12-20-22(28)25-27(23(20)29)19-7-5-4-6-8-19/h4-13H,1-3H3,(H,25,28)(H,30,31). The van der Waals surface area contributed by atoms with E-state index in [0.717, 1.165) is 22.6 Å². The molecule has 0 unspecified atom stereocenters. The summed E-state index contributed by atoms with van der Waals surface area (Å²) in [5.74, 6) is -1.90. The third kappa shape index (κ3) is 3.50. The maximum atomic E-state index is 12.9. The van der Waals surface area contributed by atoms with E-state index in [2.05, 4.69) is 5.43 Å². The summed E-state index contributed by atoms with van der Waals surface area (Å²) in [6, 6.07) is 15.7. The van der Waals surface area contributed by atoms with Crippen molar-refractivity contribution in [2.75, 3.05) is 5.01 Å². The lowest BCUT2D eigenvalue weighted by Crippen LogP contribution is -2.35. The summed E-state index contributed by atoms with van der Waals surface area (Å²) in [6.45, 7) is 5.68. The largest absolute Gasteiger partial charge is 0.478 e. The predicted octanol–water partition coefficient (Wildman–Crippen LogP) is 3.56. The van der Waals surface area contributed by atoms with Crippen LogP contribution < -0.4 is 10.4 Å². The molecule has 1 aliphatic rings. The minimum absolute atomic E-state index is 0.0418. The molecule has 2 amide bonds. The Kier molecular flexibility index (Phi) is 4.94. The van der Waals surface area contributed by atoms with Gasteiger partial charge in [0.25, 0.3) is 11.8 Å². The van der Waals surface area contributed by atoms with Gasteiger partial charge >= 0.3 is 5.97 Å². The average molecular weight is 415 g/mol. The highest BCUT2D eigenvalue weighted by atomic mass is 16.4. The highest BCUT2D eigenvalue weighted by Crippen LogP contribution is 2.27. The Balaban J connectivity index is 1.76. The van der Waals surface area contributed by atoms with Crippen LogP contribution in [0.2, 0.25) is 0 Å². The second kappa shape index (κ2) is 7.60. The number of aryl methyl sites for hydroxylation is 2. The molecular weight excluding hydrogens is 394 g/mol. The van der Waals surface area contributed by atoms with Gasteiger partial charge in [0.05, 0.1) is 11.3 Å². The molecule has 156 valence electrons. The Bertz CT molecular complexity index is 1260. The lowest BCUT2D eigenvalue weighted by Gasteiger charge is -2.14. The van der Waals surface area contributed by atoms with Crippen molar-refractivity contribution in [2.45, 2.75) is 20.8 Å². The summed E-state index contributed by atoms with van der Waals surface area (Å²) in [5, 5.41) is 10.6. The molecule has 1 fully saturated rings. The van der Waals surface area contributed by atoms with Gasteiger partial charge in [0.15, 0.2) is 0 Å². The molecule has 0 radical (unpaired) electrons. The number of carboxylic acid groups (broad SMARTS) is 1. The number of carbonyl (C=O) groups excluding carboxylic acids is 2. The first-order valence-electron chi connectivity index (χ1n) is 9.73. The Labute approximate surface area is 179 Å².